The maximum atomic E-state index is 13.2. The topological polar surface area (TPSA) is 76.0 Å². The van der Waals surface area contributed by atoms with Gasteiger partial charge in [0.25, 0.3) is 5.56 Å². The molecule has 3 aromatic rings. The first kappa shape index (κ1) is 19.5. The van der Waals surface area contributed by atoms with E-state index in [4.69, 9.17) is 11.6 Å². The molecule has 1 amide bonds. The van der Waals surface area contributed by atoms with Gasteiger partial charge in [0.2, 0.25) is 11.9 Å². The Morgan fingerprint density at radius 1 is 1.11 bits per heavy atom. The van der Waals surface area contributed by atoms with Crippen molar-refractivity contribution in [2.24, 2.45) is 0 Å². The van der Waals surface area contributed by atoms with Crippen molar-refractivity contribution in [1.82, 2.24) is 9.55 Å². The number of aryl methyl sites for hydroxylation is 1. The first-order chi connectivity index (χ1) is 13.3. The highest BCUT2D eigenvalue weighted by molar-refractivity contribution is 6.31. The highest BCUT2D eigenvalue weighted by Gasteiger charge is 2.13. The third-order valence-electron chi connectivity index (χ3n) is 3.74. The summed E-state index contributed by atoms with van der Waals surface area (Å²) in [6.45, 7) is 1.30. The summed E-state index contributed by atoms with van der Waals surface area (Å²) in [5.74, 6) is -1.41. The van der Waals surface area contributed by atoms with Crippen molar-refractivity contribution in [2.75, 3.05) is 10.6 Å². The lowest BCUT2D eigenvalue weighted by Gasteiger charge is -2.14. The van der Waals surface area contributed by atoms with Gasteiger partial charge in [-0.2, -0.15) is 0 Å². The molecule has 6 nitrogen and oxygen atoms in total. The van der Waals surface area contributed by atoms with Gasteiger partial charge in [-0.3, -0.25) is 14.2 Å². The van der Waals surface area contributed by atoms with Crippen LogP contribution in [0.15, 0.2) is 53.3 Å². The molecule has 1 aromatic heterocycles. The first-order valence-electron chi connectivity index (χ1n) is 8.18. The van der Waals surface area contributed by atoms with Gasteiger partial charge < -0.3 is 10.6 Å². The third-order valence-corrected chi connectivity index (χ3v) is 4.03. The lowest BCUT2D eigenvalue weighted by atomic mass is 10.3. The van der Waals surface area contributed by atoms with Crippen LogP contribution < -0.4 is 16.2 Å². The summed E-state index contributed by atoms with van der Waals surface area (Å²) in [5.41, 5.74) is 0.803. The molecule has 0 saturated heterocycles. The van der Waals surface area contributed by atoms with Crippen LogP contribution in [0.1, 0.15) is 5.69 Å². The van der Waals surface area contributed by atoms with Crippen LogP contribution in [-0.2, 0) is 11.3 Å². The molecule has 0 spiro atoms. The number of hydrogen-bond donors (Lipinski definition) is 2. The monoisotopic (exact) mass is 404 g/mol. The lowest BCUT2D eigenvalue weighted by Crippen LogP contribution is -2.30. The normalized spacial score (nSPS) is 10.6. The average Bonchev–Trinajstić information content (AvgIpc) is 2.63. The van der Waals surface area contributed by atoms with Crippen molar-refractivity contribution >= 4 is 34.8 Å². The fraction of sp³-hybridized carbons (Fsp3) is 0.105. The summed E-state index contributed by atoms with van der Waals surface area (Å²) in [4.78, 5) is 29.0. The molecule has 0 fully saturated rings. The van der Waals surface area contributed by atoms with Crippen molar-refractivity contribution in [3.8, 4) is 0 Å². The first-order valence-corrected chi connectivity index (χ1v) is 8.55. The predicted octanol–water partition coefficient (Wildman–Crippen LogP) is 3.87. The van der Waals surface area contributed by atoms with Crippen molar-refractivity contribution in [2.45, 2.75) is 13.5 Å². The minimum atomic E-state index is -0.607. The Morgan fingerprint density at radius 3 is 2.46 bits per heavy atom. The quantitative estimate of drug-likeness (QED) is 0.677. The van der Waals surface area contributed by atoms with Gasteiger partial charge in [-0.25, -0.2) is 13.8 Å². The summed E-state index contributed by atoms with van der Waals surface area (Å²) in [5, 5.41) is 5.31. The van der Waals surface area contributed by atoms with Gasteiger partial charge in [0.05, 0.1) is 5.02 Å². The van der Waals surface area contributed by atoms with E-state index >= 15 is 0 Å². The van der Waals surface area contributed by atoms with Crippen molar-refractivity contribution < 1.29 is 13.6 Å². The number of nitrogens with one attached hydrogen (secondary N) is 2. The molecule has 3 rings (SSSR count). The minimum Gasteiger partial charge on any atom is -0.326 e. The third kappa shape index (κ3) is 4.72. The maximum Gasteiger partial charge on any atom is 0.255 e. The van der Waals surface area contributed by atoms with Crippen LogP contribution in [0.25, 0.3) is 0 Å². The molecule has 0 saturated carbocycles. The number of benzene rings is 2. The standard InChI is InChI=1S/C19H15ClF2N4O2/c1-11-8-18(28)26(19(23-11)25-13-4-2-12(21)3-5-13)10-17(27)24-14-6-7-16(22)15(20)9-14/h2-9H,10H2,1H3,(H,23,25)(H,24,27). The molecule has 28 heavy (non-hydrogen) atoms. The molecule has 9 heteroatoms. The summed E-state index contributed by atoms with van der Waals surface area (Å²) < 4.78 is 27.4. The molecule has 2 N–H and O–H groups in total. The van der Waals surface area contributed by atoms with E-state index in [1.54, 1.807) is 6.92 Å². The van der Waals surface area contributed by atoms with E-state index in [-0.39, 0.29) is 23.2 Å². The molecule has 0 aliphatic carbocycles. The Hall–Kier alpha value is -3.26. The van der Waals surface area contributed by atoms with Crippen LogP contribution in [0.2, 0.25) is 5.02 Å². The van der Waals surface area contributed by atoms with Gasteiger partial charge >= 0.3 is 0 Å². The van der Waals surface area contributed by atoms with Crippen LogP contribution in [0.3, 0.4) is 0 Å². The number of anilines is 3. The Kier molecular flexibility index (Phi) is 5.70. The number of halogens is 3. The Morgan fingerprint density at radius 2 is 1.79 bits per heavy atom. The summed E-state index contributed by atoms with van der Waals surface area (Å²) in [6, 6.07) is 10.5. The maximum absolute atomic E-state index is 13.2. The fourth-order valence-corrected chi connectivity index (χ4v) is 2.63. The van der Waals surface area contributed by atoms with E-state index in [0.717, 1.165) is 10.6 Å². The highest BCUT2D eigenvalue weighted by Crippen LogP contribution is 2.19. The molecule has 0 aliphatic rings. The van der Waals surface area contributed by atoms with Gasteiger partial charge in [-0.1, -0.05) is 11.6 Å². The summed E-state index contributed by atoms with van der Waals surface area (Å²) >= 11 is 5.70. The summed E-state index contributed by atoms with van der Waals surface area (Å²) in [7, 11) is 0. The van der Waals surface area contributed by atoms with Crippen LogP contribution in [0, 0.1) is 18.6 Å². The van der Waals surface area contributed by atoms with Crippen molar-refractivity contribution in [1.29, 1.82) is 0 Å². The van der Waals surface area contributed by atoms with Gasteiger partial charge in [0.15, 0.2) is 0 Å². The van der Waals surface area contributed by atoms with Crippen LogP contribution in [-0.4, -0.2) is 15.5 Å². The van der Waals surface area contributed by atoms with E-state index in [9.17, 15) is 18.4 Å². The molecule has 0 atom stereocenters. The van der Waals surface area contributed by atoms with E-state index < -0.39 is 23.1 Å². The SMILES string of the molecule is Cc1cc(=O)n(CC(=O)Nc2ccc(F)c(Cl)c2)c(Nc2ccc(F)cc2)n1. The zero-order valence-corrected chi connectivity index (χ0v) is 15.4. The fourth-order valence-electron chi connectivity index (χ4n) is 2.45. The van der Waals surface area contributed by atoms with E-state index in [2.05, 4.69) is 15.6 Å². The van der Waals surface area contributed by atoms with E-state index in [1.165, 1.54) is 42.5 Å². The smallest absolute Gasteiger partial charge is 0.255 e. The molecule has 1 heterocycles. The number of rotatable bonds is 5. The van der Waals surface area contributed by atoms with Crippen LogP contribution in [0.5, 0.6) is 0 Å². The van der Waals surface area contributed by atoms with Crippen LogP contribution >= 0.6 is 11.6 Å². The van der Waals surface area contributed by atoms with E-state index in [1.807, 2.05) is 0 Å². The molecule has 144 valence electrons. The molecule has 2 aromatic carbocycles. The van der Waals surface area contributed by atoms with Crippen molar-refractivity contribution in [3.63, 3.8) is 0 Å². The van der Waals surface area contributed by atoms with Gasteiger partial charge in [0, 0.05) is 23.1 Å². The highest BCUT2D eigenvalue weighted by atomic mass is 35.5. The second-order valence-electron chi connectivity index (χ2n) is 5.95. The Balaban J connectivity index is 1.84. The second-order valence-corrected chi connectivity index (χ2v) is 6.36. The molecule has 0 aliphatic heterocycles. The number of aromatic nitrogens is 2. The Bertz CT molecular complexity index is 1080. The average molecular weight is 405 g/mol. The minimum absolute atomic E-state index is 0.129. The number of nitrogens with zero attached hydrogens (tertiary/aromatic N) is 2. The predicted molar refractivity (Wildman–Crippen MR) is 103 cm³/mol. The number of carbonyl (C=O) groups excluding carboxylic acids is 1. The largest absolute Gasteiger partial charge is 0.326 e. The number of carbonyl (C=O) groups is 1. The molecular formula is C19H15ClF2N4O2. The van der Waals surface area contributed by atoms with Gasteiger partial charge in [-0.15, -0.1) is 0 Å². The number of amides is 1. The molecule has 0 unspecified atom stereocenters. The summed E-state index contributed by atoms with van der Waals surface area (Å²) in [6.07, 6.45) is 0. The van der Waals surface area contributed by atoms with E-state index in [0.29, 0.717) is 11.4 Å². The second kappa shape index (κ2) is 8.18. The Labute approximate surface area is 163 Å². The van der Waals surface area contributed by atoms with Gasteiger partial charge in [0.1, 0.15) is 18.2 Å². The molecule has 0 radical (unpaired) electrons. The molecular weight excluding hydrogens is 390 g/mol. The zero-order chi connectivity index (χ0) is 20.3. The van der Waals surface area contributed by atoms with Crippen molar-refractivity contribution in [3.05, 3.63) is 81.2 Å². The number of hydrogen-bond acceptors (Lipinski definition) is 4. The zero-order valence-electron chi connectivity index (χ0n) is 14.7. The van der Waals surface area contributed by atoms with Crippen LogP contribution in [0.4, 0.5) is 26.1 Å². The molecule has 0 bridgehead atoms. The lowest BCUT2D eigenvalue weighted by molar-refractivity contribution is -0.116. The van der Waals surface area contributed by atoms with Gasteiger partial charge in [-0.05, 0) is 49.4 Å².